The van der Waals surface area contributed by atoms with Crippen molar-refractivity contribution in [2.45, 2.75) is 6.92 Å². The van der Waals surface area contributed by atoms with Crippen molar-refractivity contribution < 1.29 is 24.3 Å². The van der Waals surface area contributed by atoms with Crippen LogP contribution in [0.25, 0.3) is 0 Å². The molecule has 6 nitrogen and oxygen atoms in total. The SMILES string of the molecule is CC(=O)Oc1cccc2c1C(=O)N(O)C2=O. The molecule has 0 aromatic heterocycles. The molecule has 0 saturated carbocycles. The Kier molecular flexibility index (Phi) is 2.21. The third kappa shape index (κ3) is 1.36. The summed E-state index contributed by atoms with van der Waals surface area (Å²) in [6.45, 7) is 1.18. The number of carbonyl (C=O) groups is 3. The number of nitrogens with zero attached hydrogens (tertiary/aromatic N) is 1. The number of fused-ring (bicyclic) bond motifs is 1. The second-order valence-corrected chi connectivity index (χ2v) is 3.19. The summed E-state index contributed by atoms with van der Waals surface area (Å²) < 4.78 is 4.77. The molecule has 0 fully saturated rings. The van der Waals surface area contributed by atoms with Crippen molar-refractivity contribution in [3.05, 3.63) is 29.3 Å². The van der Waals surface area contributed by atoms with Crippen molar-refractivity contribution in [1.29, 1.82) is 0 Å². The van der Waals surface area contributed by atoms with Crippen LogP contribution in [0.1, 0.15) is 27.6 Å². The van der Waals surface area contributed by atoms with Gasteiger partial charge in [0.2, 0.25) is 0 Å². The van der Waals surface area contributed by atoms with Gasteiger partial charge in [-0.05, 0) is 12.1 Å². The van der Waals surface area contributed by atoms with Crippen LogP contribution in [-0.2, 0) is 4.79 Å². The van der Waals surface area contributed by atoms with Crippen LogP contribution in [0, 0.1) is 0 Å². The van der Waals surface area contributed by atoms with Gasteiger partial charge in [0.1, 0.15) is 5.75 Å². The van der Waals surface area contributed by atoms with E-state index in [1.54, 1.807) is 0 Å². The molecule has 16 heavy (non-hydrogen) atoms. The number of hydroxylamine groups is 2. The molecule has 82 valence electrons. The lowest BCUT2D eigenvalue weighted by Gasteiger charge is -2.04. The Morgan fingerprint density at radius 1 is 1.31 bits per heavy atom. The van der Waals surface area contributed by atoms with Crippen molar-refractivity contribution in [1.82, 2.24) is 5.06 Å². The number of hydrogen-bond donors (Lipinski definition) is 1. The van der Waals surface area contributed by atoms with E-state index in [-0.39, 0.29) is 21.9 Å². The molecule has 0 spiro atoms. The topological polar surface area (TPSA) is 83.9 Å². The predicted octanol–water partition coefficient (Wildman–Crippen LogP) is 0.597. The minimum atomic E-state index is -0.892. The fourth-order valence-electron chi connectivity index (χ4n) is 1.48. The second-order valence-electron chi connectivity index (χ2n) is 3.19. The zero-order valence-corrected chi connectivity index (χ0v) is 8.26. The van der Waals surface area contributed by atoms with Crippen molar-refractivity contribution in [2.75, 3.05) is 0 Å². The minimum absolute atomic E-state index is 0.00232. The molecule has 0 aliphatic carbocycles. The first kappa shape index (κ1) is 10.3. The zero-order chi connectivity index (χ0) is 11.9. The Labute approximate surface area is 90.0 Å². The number of esters is 1. The van der Waals surface area contributed by atoms with Gasteiger partial charge >= 0.3 is 5.97 Å². The molecular formula is C10H7NO5. The Balaban J connectivity index is 2.58. The molecular weight excluding hydrogens is 214 g/mol. The lowest BCUT2D eigenvalue weighted by atomic mass is 10.1. The summed E-state index contributed by atoms with van der Waals surface area (Å²) in [6, 6.07) is 4.21. The van der Waals surface area contributed by atoms with E-state index < -0.39 is 17.8 Å². The van der Waals surface area contributed by atoms with E-state index in [1.807, 2.05) is 0 Å². The van der Waals surface area contributed by atoms with Gasteiger partial charge in [-0.25, -0.2) is 0 Å². The van der Waals surface area contributed by atoms with Crippen LogP contribution < -0.4 is 4.74 Å². The first-order valence-corrected chi connectivity index (χ1v) is 4.41. The molecule has 0 saturated heterocycles. The van der Waals surface area contributed by atoms with Crippen LogP contribution in [0.3, 0.4) is 0 Å². The van der Waals surface area contributed by atoms with E-state index in [4.69, 9.17) is 9.94 Å². The number of benzene rings is 1. The maximum Gasteiger partial charge on any atom is 0.308 e. The standard InChI is InChI=1S/C10H7NO5/c1-5(12)16-7-4-2-3-6-8(7)10(14)11(15)9(6)13/h2-4,15H,1H3. The zero-order valence-electron chi connectivity index (χ0n) is 8.26. The van der Waals surface area contributed by atoms with Gasteiger partial charge in [-0.1, -0.05) is 6.07 Å². The van der Waals surface area contributed by atoms with Gasteiger partial charge in [0, 0.05) is 6.92 Å². The van der Waals surface area contributed by atoms with Crippen LogP contribution in [-0.4, -0.2) is 28.1 Å². The summed E-state index contributed by atoms with van der Waals surface area (Å²) in [5.74, 6) is -2.35. The maximum atomic E-state index is 11.5. The largest absolute Gasteiger partial charge is 0.426 e. The fraction of sp³-hybridized carbons (Fsp3) is 0.100. The summed E-state index contributed by atoms with van der Waals surface area (Å²) in [7, 11) is 0. The fourth-order valence-corrected chi connectivity index (χ4v) is 1.48. The highest BCUT2D eigenvalue weighted by atomic mass is 16.5. The summed E-state index contributed by atoms with van der Waals surface area (Å²) >= 11 is 0. The average Bonchev–Trinajstić information content (AvgIpc) is 2.44. The highest BCUT2D eigenvalue weighted by Gasteiger charge is 2.37. The third-order valence-corrected chi connectivity index (χ3v) is 2.11. The van der Waals surface area contributed by atoms with E-state index in [9.17, 15) is 14.4 Å². The van der Waals surface area contributed by atoms with Crippen molar-refractivity contribution in [3.63, 3.8) is 0 Å². The van der Waals surface area contributed by atoms with Crippen LogP contribution in [0.15, 0.2) is 18.2 Å². The first-order valence-electron chi connectivity index (χ1n) is 4.41. The molecule has 1 aromatic rings. The lowest BCUT2D eigenvalue weighted by molar-refractivity contribution is -0.131. The summed E-state index contributed by atoms with van der Waals surface area (Å²) in [5, 5.41) is 9.14. The normalized spacial score (nSPS) is 14.0. The number of amides is 2. The van der Waals surface area contributed by atoms with Gasteiger partial charge in [-0.2, -0.15) is 0 Å². The molecule has 0 atom stereocenters. The third-order valence-electron chi connectivity index (χ3n) is 2.11. The first-order chi connectivity index (χ1) is 7.52. The van der Waals surface area contributed by atoms with Crippen molar-refractivity contribution >= 4 is 17.8 Å². The van der Waals surface area contributed by atoms with E-state index in [0.717, 1.165) is 0 Å². The molecule has 0 bridgehead atoms. The van der Waals surface area contributed by atoms with Gasteiger partial charge in [-0.3, -0.25) is 19.6 Å². The molecule has 2 rings (SSSR count). The molecule has 0 radical (unpaired) electrons. The highest BCUT2D eigenvalue weighted by Crippen LogP contribution is 2.29. The number of hydrogen-bond acceptors (Lipinski definition) is 5. The molecule has 1 aromatic carbocycles. The smallest absolute Gasteiger partial charge is 0.308 e. The van der Waals surface area contributed by atoms with Crippen LogP contribution >= 0.6 is 0 Å². The Bertz CT molecular complexity index is 508. The van der Waals surface area contributed by atoms with Crippen LogP contribution in [0.5, 0.6) is 5.75 Å². The van der Waals surface area contributed by atoms with Gasteiger partial charge in [0.25, 0.3) is 11.8 Å². The monoisotopic (exact) mass is 221 g/mol. The second kappa shape index (κ2) is 3.42. The summed E-state index contributed by atoms with van der Waals surface area (Å²) in [5.41, 5.74) is -0.0727. The molecule has 0 unspecified atom stereocenters. The van der Waals surface area contributed by atoms with Gasteiger partial charge < -0.3 is 4.74 Å². The number of imide groups is 1. The van der Waals surface area contributed by atoms with Gasteiger partial charge in [0.05, 0.1) is 11.1 Å². The number of carbonyl (C=O) groups excluding carboxylic acids is 3. The predicted molar refractivity (Wildman–Crippen MR) is 50.0 cm³/mol. The number of rotatable bonds is 1. The van der Waals surface area contributed by atoms with E-state index in [1.165, 1.54) is 25.1 Å². The Hall–Kier alpha value is -2.21. The van der Waals surface area contributed by atoms with E-state index in [2.05, 4.69) is 0 Å². The Morgan fingerprint density at radius 3 is 2.62 bits per heavy atom. The highest BCUT2D eigenvalue weighted by molar-refractivity contribution is 6.21. The molecule has 6 heteroatoms. The summed E-state index contributed by atoms with van der Waals surface area (Å²) in [6.07, 6.45) is 0. The maximum absolute atomic E-state index is 11.5. The molecule has 2 amide bonds. The van der Waals surface area contributed by atoms with Gasteiger partial charge in [-0.15, -0.1) is 5.06 Å². The molecule has 1 aliphatic rings. The molecule has 1 aliphatic heterocycles. The van der Waals surface area contributed by atoms with Gasteiger partial charge in [0.15, 0.2) is 0 Å². The van der Waals surface area contributed by atoms with E-state index in [0.29, 0.717) is 0 Å². The minimum Gasteiger partial charge on any atom is -0.426 e. The number of ether oxygens (including phenoxy) is 1. The van der Waals surface area contributed by atoms with Crippen LogP contribution in [0.4, 0.5) is 0 Å². The van der Waals surface area contributed by atoms with Crippen molar-refractivity contribution in [3.8, 4) is 5.75 Å². The van der Waals surface area contributed by atoms with Crippen molar-refractivity contribution in [2.24, 2.45) is 0 Å². The van der Waals surface area contributed by atoms with E-state index >= 15 is 0 Å². The average molecular weight is 221 g/mol. The summed E-state index contributed by atoms with van der Waals surface area (Å²) in [4.78, 5) is 33.6. The Morgan fingerprint density at radius 2 is 2.00 bits per heavy atom. The molecule has 1 N–H and O–H groups in total. The lowest BCUT2D eigenvalue weighted by Crippen LogP contribution is -2.25. The molecule has 1 heterocycles. The quantitative estimate of drug-likeness (QED) is 0.325. The van der Waals surface area contributed by atoms with Crippen LogP contribution in [0.2, 0.25) is 0 Å².